The number of benzene rings is 1. The molecule has 218 valence electrons. The number of nitrogens with two attached hydrogens (primary N) is 1. The van der Waals surface area contributed by atoms with Gasteiger partial charge in [0, 0.05) is 60.8 Å². The Hall–Kier alpha value is -4.00. The van der Waals surface area contributed by atoms with Gasteiger partial charge in [-0.05, 0) is 50.6 Å². The number of Topliss-reactive ketones (excluding diaryl/α,β-unsaturated/α-hetero) is 2. The normalized spacial score (nSPS) is 29.2. The summed E-state index contributed by atoms with van der Waals surface area (Å²) in [7, 11) is 6.83. The maximum absolute atomic E-state index is 14.1. The van der Waals surface area contributed by atoms with Gasteiger partial charge in [0.15, 0.2) is 23.5 Å². The molecule has 6 N–H and O–H groups in total. The van der Waals surface area contributed by atoms with E-state index in [0.29, 0.717) is 28.7 Å². The molecule has 12 heteroatoms. The number of ketones is 2. The van der Waals surface area contributed by atoms with Crippen molar-refractivity contribution in [1.29, 1.82) is 0 Å². The lowest BCUT2D eigenvalue weighted by molar-refractivity contribution is -0.178. The first-order chi connectivity index (χ1) is 19.2. The lowest BCUT2D eigenvalue weighted by atomic mass is 9.56. The number of aliphatic hydroxyl groups is 3. The second-order valence-electron chi connectivity index (χ2n) is 11.7. The van der Waals surface area contributed by atoms with E-state index >= 15 is 0 Å². The van der Waals surface area contributed by atoms with Crippen LogP contribution in [0.25, 0.3) is 0 Å². The van der Waals surface area contributed by atoms with E-state index in [2.05, 4.69) is 0 Å². The lowest BCUT2D eigenvalue weighted by Gasteiger charge is -2.53. The summed E-state index contributed by atoms with van der Waals surface area (Å²) in [6.07, 6.45) is 2.69. The van der Waals surface area contributed by atoms with Gasteiger partial charge in [0.25, 0.3) is 0 Å². The molecular formula is C29H34N4O8. The molecule has 3 aliphatic carbocycles. The van der Waals surface area contributed by atoms with Gasteiger partial charge >= 0.3 is 0 Å². The van der Waals surface area contributed by atoms with E-state index in [4.69, 9.17) is 5.73 Å². The van der Waals surface area contributed by atoms with Crippen molar-refractivity contribution >= 4 is 29.4 Å². The van der Waals surface area contributed by atoms with Crippen LogP contribution in [0.15, 0.2) is 35.9 Å². The third kappa shape index (κ3) is 4.08. The van der Waals surface area contributed by atoms with Gasteiger partial charge in [0.2, 0.25) is 5.91 Å². The van der Waals surface area contributed by atoms with Gasteiger partial charge in [-0.15, -0.1) is 0 Å². The highest BCUT2D eigenvalue weighted by molar-refractivity contribution is 6.16. The Balaban J connectivity index is 1.68. The summed E-state index contributed by atoms with van der Waals surface area (Å²) in [6.45, 7) is 0.142. The third-order valence-corrected chi connectivity index (χ3v) is 8.89. The minimum Gasteiger partial charge on any atom is -0.508 e. The van der Waals surface area contributed by atoms with Crippen molar-refractivity contribution in [3.8, 4) is 5.75 Å². The Morgan fingerprint density at radius 3 is 2.46 bits per heavy atom. The number of anilines is 1. The number of carbonyl (C=O) groups is 4. The van der Waals surface area contributed by atoms with Crippen LogP contribution in [0.2, 0.25) is 0 Å². The predicted molar refractivity (Wildman–Crippen MR) is 147 cm³/mol. The highest BCUT2D eigenvalue weighted by Gasteiger charge is 2.66. The largest absolute Gasteiger partial charge is 0.508 e. The number of aliphatic hydroxyl groups excluding tert-OH is 2. The van der Waals surface area contributed by atoms with Crippen LogP contribution >= 0.6 is 0 Å². The molecule has 5 rings (SSSR count). The number of nitrogens with zero attached hydrogens (tertiary/aromatic N) is 3. The molecule has 41 heavy (non-hydrogen) atoms. The molecule has 1 amide bonds. The van der Waals surface area contributed by atoms with Gasteiger partial charge < -0.3 is 40.5 Å². The average Bonchev–Trinajstić information content (AvgIpc) is 3.34. The van der Waals surface area contributed by atoms with Gasteiger partial charge in [-0.25, -0.2) is 0 Å². The Bertz CT molecular complexity index is 1510. The van der Waals surface area contributed by atoms with Crippen LogP contribution < -0.4 is 10.6 Å². The summed E-state index contributed by atoms with van der Waals surface area (Å²) in [4.78, 5) is 54.4. The van der Waals surface area contributed by atoms with E-state index in [1.165, 1.54) is 0 Å². The van der Waals surface area contributed by atoms with E-state index in [0.717, 1.165) is 0 Å². The summed E-state index contributed by atoms with van der Waals surface area (Å²) in [5.74, 6) is -7.72. The van der Waals surface area contributed by atoms with Crippen LogP contribution in [-0.4, -0.2) is 99.6 Å². The first-order valence-corrected chi connectivity index (χ1v) is 13.3. The SMILES string of the molecule is CN(C)c1cc(Cn2ccc(C=O)c2)c(O)c2c1C[C@H]1C[C@H]3[C@H](N(C)C)C(O)C(C(N)=O)C(=O)[C@@]3(O)C(O)=C1C2=O. The Morgan fingerprint density at radius 2 is 1.90 bits per heavy atom. The number of hydrogen-bond donors (Lipinski definition) is 5. The molecule has 2 unspecified atom stereocenters. The Labute approximate surface area is 236 Å². The topological polar surface area (TPSA) is 187 Å². The van der Waals surface area contributed by atoms with E-state index in [9.17, 15) is 39.6 Å². The van der Waals surface area contributed by atoms with Crippen molar-refractivity contribution in [2.45, 2.75) is 37.1 Å². The molecule has 1 saturated carbocycles. The number of allylic oxidation sites excluding steroid dienone is 1. The zero-order valence-corrected chi connectivity index (χ0v) is 23.2. The van der Waals surface area contributed by atoms with E-state index < -0.39 is 58.7 Å². The fourth-order valence-electron chi connectivity index (χ4n) is 7.05. The molecule has 2 aromatic rings. The zero-order valence-electron chi connectivity index (χ0n) is 23.2. The number of aldehydes is 1. The summed E-state index contributed by atoms with van der Waals surface area (Å²) < 4.78 is 1.68. The monoisotopic (exact) mass is 566 g/mol. The van der Waals surface area contributed by atoms with Gasteiger partial charge in [0.1, 0.15) is 17.4 Å². The fraction of sp³-hybridized carbons (Fsp3) is 0.448. The summed E-state index contributed by atoms with van der Waals surface area (Å²) in [5.41, 5.74) is 4.60. The summed E-state index contributed by atoms with van der Waals surface area (Å²) in [6, 6.07) is 2.45. The summed E-state index contributed by atoms with van der Waals surface area (Å²) >= 11 is 0. The molecule has 0 radical (unpaired) electrons. The predicted octanol–water partition coefficient (Wildman–Crippen LogP) is 0.0139. The minimum absolute atomic E-state index is 0.0470. The van der Waals surface area contributed by atoms with Crippen molar-refractivity contribution in [2.75, 3.05) is 33.1 Å². The van der Waals surface area contributed by atoms with Crippen LogP contribution in [0, 0.1) is 17.8 Å². The maximum atomic E-state index is 14.1. The number of carbonyl (C=O) groups excluding carboxylic acids is 4. The first-order valence-electron chi connectivity index (χ1n) is 13.3. The molecule has 1 heterocycles. The second kappa shape index (κ2) is 9.82. The van der Waals surface area contributed by atoms with Gasteiger partial charge in [-0.3, -0.25) is 19.2 Å². The highest BCUT2D eigenvalue weighted by Crippen LogP contribution is 2.53. The average molecular weight is 567 g/mol. The molecule has 1 aromatic heterocycles. The Morgan fingerprint density at radius 1 is 1.22 bits per heavy atom. The zero-order chi connectivity index (χ0) is 30.1. The standard InChI is InChI=1S/C29H34N4O8/c1-31(2)18-9-15(11-33-6-5-13(10-33)12-34)23(35)20-16(18)7-14-8-17-22(32(3)4)25(37)21(28(30)40)27(39)29(17,41)26(38)19(14)24(20)36/h5-6,9-10,12,14,17,21-22,25,35,37-38,41H,7-8,11H2,1-4H3,(H2,30,40)/t14-,17-,21?,22-,25?,29-/m0/s1. The molecule has 1 aromatic carbocycles. The molecule has 3 aliphatic rings. The van der Waals surface area contributed by atoms with Crippen LogP contribution in [0.3, 0.4) is 0 Å². The number of fused-ring (bicyclic) bond motifs is 3. The Kier molecular flexibility index (Phi) is 6.84. The molecule has 0 bridgehead atoms. The number of aromatic hydroxyl groups is 1. The number of aromatic nitrogens is 1. The first kappa shape index (κ1) is 28.5. The van der Waals surface area contributed by atoms with Gasteiger partial charge in [-0.1, -0.05) is 0 Å². The highest BCUT2D eigenvalue weighted by atomic mass is 16.3. The fourth-order valence-corrected chi connectivity index (χ4v) is 7.05. The molecule has 6 atom stereocenters. The van der Waals surface area contributed by atoms with E-state index in [1.54, 1.807) is 62.2 Å². The van der Waals surface area contributed by atoms with Crippen molar-refractivity contribution in [3.05, 3.63) is 58.1 Å². The number of hydrogen-bond acceptors (Lipinski definition) is 10. The molecular weight excluding hydrogens is 532 g/mol. The smallest absolute Gasteiger partial charge is 0.230 e. The van der Waals surface area contributed by atoms with E-state index in [1.807, 2.05) is 4.90 Å². The van der Waals surface area contributed by atoms with Gasteiger partial charge in [0.05, 0.1) is 18.2 Å². The number of primary amides is 1. The third-order valence-electron chi connectivity index (χ3n) is 8.89. The van der Waals surface area contributed by atoms with Crippen molar-refractivity contribution in [1.82, 2.24) is 9.47 Å². The number of likely N-dealkylation sites (N-methyl/N-ethyl adjacent to an activating group) is 1. The lowest BCUT2D eigenvalue weighted by Crippen LogP contribution is -2.71. The molecule has 0 spiro atoms. The second-order valence-corrected chi connectivity index (χ2v) is 11.7. The van der Waals surface area contributed by atoms with Crippen LogP contribution in [0.5, 0.6) is 5.75 Å². The van der Waals surface area contributed by atoms with Crippen molar-refractivity contribution < 1.29 is 39.6 Å². The van der Waals surface area contributed by atoms with Crippen LogP contribution in [0.4, 0.5) is 5.69 Å². The minimum atomic E-state index is -2.64. The number of phenols is 1. The van der Waals surface area contributed by atoms with Crippen LogP contribution in [0.1, 0.15) is 38.3 Å². The molecule has 1 fully saturated rings. The number of rotatable bonds is 6. The van der Waals surface area contributed by atoms with Gasteiger partial charge in [-0.2, -0.15) is 0 Å². The van der Waals surface area contributed by atoms with E-state index in [-0.39, 0.29) is 36.3 Å². The molecule has 0 saturated heterocycles. The number of amides is 1. The maximum Gasteiger partial charge on any atom is 0.230 e. The molecule has 12 nitrogen and oxygen atoms in total. The quantitative estimate of drug-likeness (QED) is 0.236. The number of phenolic OH excluding ortho intramolecular Hbond substituents is 1. The van der Waals surface area contributed by atoms with Crippen molar-refractivity contribution in [2.24, 2.45) is 23.5 Å². The summed E-state index contributed by atoms with van der Waals surface area (Å²) in [5, 5.41) is 45.7. The van der Waals surface area contributed by atoms with Crippen molar-refractivity contribution in [3.63, 3.8) is 0 Å². The molecule has 0 aliphatic heterocycles. The van der Waals surface area contributed by atoms with Crippen LogP contribution in [-0.2, 0) is 22.6 Å².